The molecular weight excluding hydrogens is 441 g/mol. The summed E-state index contributed by atoms with van der Waals surface area (Å²) < 4.78 is 8.83. The molecule has 0 amide bonds. The molecule has 144 valence electrons. The lowest BCUT2D eigenvalue weighted by Crippen LogP contribution is -1.92. The van der Waals surface area contributed by atoms with E-state index in [1.807, 2.05) is 45.3 Å². The van der Waals surface area contributed by atoms with Crippen molar-refractivity contribution in [3.63, 3.8) is 0 Å². The lowest BCUT2D eigenvalue weighted by Gasteiger charge is -2.11. The van der Waals surface area contributed by atoms with E-state index < -0.39 is 0 Å². The lowest BCUT2D eigenvalue weighted by molar-refractivity contribution is 1.07. The van der Waals surface area contributed by atoms with Gasteiger partial charge in [-0.25, -0.2) is 0 Å². The van der Waals surface area contributed by atoms with Crippen molar-refractivity contribution in [2.45, 2.75) is 26.7 Å². The molecule has 0 bridgehead atoms. The van der Waals surface area contributed by atoms with Crippen LogP contribution in [-0.2, 0) is 12.8 Å². The summed E-state index contributed by atoms with van der Waals surface area (Å²) >= 11 is 7.87. The molecule has 0 nitrogen and oxygen atoms in total. The Morgan fingerprint density at radius 1 is 0.533 bits per heavy atom. The van der Waals surface area contributed by atoms with Crippen LogP contribution in [0.15, 0.2) is 35.0 Å². The second-order valence-corrected chi connectivity index (χ2v) is 12.1. The van der Waals surface area contributed by atoms with Gasteiger partial charge in [0.15, 0.2) is 0 Å². The highest BCUT2D eigenvalue weighted by molar-refractivity contribution is 7.29. The lowest BCUT2D eigenvalue weighted by atomic mass is 9.91. The van der Waals surface area contributed by atoms with Gasteiger partial charge in [-0.05, 0) is 59.0 Å². The number of benzene rings is 3. The van der Waals surface area contributed by atoms with Crippen LogP contribution in [0.4, 0.5) is 0 Å². The summed E-state index contributed by atoms with van der Waals surface area (Å²) in [7, 11) is 0. The van der Waals surface area contributed by atoms with Gasteiger partial charge in [0.25, 0.3) is 0 Å². The summed E-state index contributed by atoms with van der Waals surface area (Å²) in [5, 5.41) is 16.8. The van der Waals surface area contributed by atoms with E-state index in [0.717, 1.165) is 12.8 Å². The molecular formula is C26H16S4. The molecule has 0 spiro atoms. The molecule has 0 aliphatic heterocycles. The molecule has 30 heavy (non-hydrogen) atoms. The van der Waals surface area contributed by atoms with E-state index in [2.05, 4.69) is 48.9 Å². The van der Waals surface area contributed by atoms with Gasteiger partial charge in [-0.2, -0.15) is 0 Å². The molecule has 0 aliphatic rings. The summed E-state index contributed by atoms with van der Waals surface area (Å²) in [4.78, 5) is 0. The minimum atomic E-state index is 1.11. The highest BCUT2D eigenvalue weighted by Crippen LogP contribution is 2.55. The van der Waals surface area contributed by atoms with E-state index in [9.17, 15) is 0 Å². The van der Waals surface area contributed by atoms with Crippen LogP contribution >= 0.6 is 45.3 Å². The van der Waals surface area contributed by atoms with Gasteiger partial charge in [0.1, 0.15) is 0 Å². The molecule has 4 aromatic heterocycles. The van der Waals surface area contributed by atoms with E-state index in [1.165, 1.54) is 60.5 Å². The van der Waals surface area contributed by atoms with Crippen LogP contribution in [0.3, 0.4) is 0 Å². The third-order valence-corrected chi connectivity index (χ3v) is 11.3. The van der Waals surface area contributed by atoms with Crippen LogP contribution in [0.1, 0.15) is 25.0 Å². The van der Waals surface area contributed by atoms with Gasteiger partial charge >= 0.3 is 0 Å². The summed E-state index contributed by atoms with van der Waals surface area (Å²) in [6, 6.07) is 9.45. The zero-order valence-corrected chi connectivity index (χ0v) is 19.8. The first kappa shape index (κ1) is 16.7. The van der Waals surface area contributed by atoms with E-state index >= 15 is 0 Å². The highest BCUT2D eigenvalue weighted by atomic mass is 32.1. The van der Waals surface area contributed by atoms with E-state index in [-0.39, 0.29) is 0 Å². The maximum absolute atomic E-state index is 2.41. The van der Waals surface area contributed by atoms with E-state index in [4.69, 9.17) is 0 Å². The third kappa shape index (κ3) is 1.70. The zero-order valence-electron chi connectivity index (χ0n) is 16.5. The Morgan fingerprint density at radius 3 is 1.40 bits per heavy atom. The molecule has 4 aromatic carbocycles. The molecule has 4 heteroatoms. The number of aryl methyl sites for hydroxylation is 2. The van der Waals surface area contributed by atoms with Crippen molar-refractivity contribution in [2.24, 2.45) is 0 Å². The van der Waals surface area contributed by atoms with Crippen molar-refractivity contribution in [2.75, 3.05) is 0 Å². The molecule has 0 atom stereocenters. The quantitative estimate of drug-likeness (QED) is 0.243. The predicted octanol–water partition coefficient (Wildman–Crippen LogP) is 10.0. The van der Waals surface area contributed by atoms with Crippen LogP contribution in [-0.4, -0.2) is 0 Å². The molecule has 8 aromatic rings. The van der Waals surface area contributed by atoms with Gasteiger partial charge in [-0.3, -0.25) is 0 Å². The second-order valence-electron chi connectivity index (χ2n) is 8.20. The van der Waals surface area contributed by atoms with Crippen LogP contribution in [0, 0.1) is 0 Å². The molecule has 0 saturated carbocycles. The van der Waals surface area contributed by atoms with E-state index in [1.54, 1.807) is 21.9 Å². The van der Waals surface area contributed by atoms with Gasteiger partial charge < -0.3 is 0 Å². The topological polar surface area (TPSA) is 0 Å². The Kier molecular flexibility index (Phi) is 3.02. The average Bonchev–Trinajstić information content (AvgIpc) is 3.50. The number of thiophene rings is 4. The Hall–Kier alpha value is -1.98. The van der Waals surface area contributed by atoms with Crippen LogP contribution in [0.5, 0.6) is 0 Å². The Bertz CT molecular complexity index is 1780. The number of fused-ring (bicyclic) bond motifs is 1. The first-order valence-electron chi connectivity index (χ1n) is 10.5. The molecule has 0 N–H and O–H groups in total. The van der Waals surface area contributed by atoms with Crippen molar-refractivity contribution in [3.8, 4) is 0 Å². The maximum atomic E-state index is 2.41. The van der Waals surface area contributed by atoms with Crippen LogP contribution < -0.4 is 0 Å². The summed E-state index contributed by atoms with van der Waals surface area (Å²) in [5.41, 5.74) is 3.17. The largest absolute Gasteiger partial charge is 0.143 e. The van der Waals surface area contributed by atoms with Crippen molar-refractivity contribution < 1.29 is 0 Å². The minimum absolute atomic E-state index is 1.11. The smallest absolute Gasteiger partial charge is 0.0397 e. The van der Waals surface area contributed by atoms with Crippen molar-refractivity contribution in [3.05, 3.63) is 46.2 Å². The molecule has 0 unspecified atom stereocenters. The number of hydrogen-bond donors (Lipinski definition) is 0. The second kappa shape index (κ2) is 5.43. The van der Waals surface area contributed by atoms with Crippen molar-refractivity contribution in [1.82, 2.24) is 0 Å². The fraction of sp³-hybridized carbons (Fsp3) is 0.154. The summed E-state index contributed by atoms with van der Waals surface area (Å²) in [6.45, 7) is 4.67. The summed E-state index contributed by atoms with van der Waals surface area (Å²) in [5.74, 6) is 0. The zero-order chi connectivity index (χ0) is 19.7. The number of rotatable bonds is 2. The average molecular weight is 457 g/mol. The Labute approximate surface area is 188 Å². The summed E-state index contributed by atoms with van der Waals surface area (Å²) in [6.07, 6.45) is 2.21. The standard InChI is InChI=1S/C26H16S4/c1-3-11-12(4-2)26-24-22-18(30-26)8-6-16-20(22)14(10-28-16)13-9-27-15-5-7-17-21(19(13)15)23(24)25(11)29-17/h5-10H,3-4H2,1-2H3. The molecule has 0 fully saturated rings. The van der Waals surface area contributed by atoms with Crippen LogP contribution in [0.25, 0.3) is 71.3 Å². The first-order chi connectivity index (χ1) is 14.8. The van der Waals surface area contributed by atoms with Gasteiger partial charge in [0.05, 0.1) is 0 Å². The third-order valence-electron chi connectivity index (χ3n) is 6.94. The Balaban J connectivity index is 1.93. The predicted molar refractivity (Wildman–Crippen MR) is 142 cm³/mol. The molecule has 8 rings (SSSR count). The molecule has 4 heterocycles. The minimum Gasteiger partial charge on any atom is -0.143 e. The Morgan fingerprint density at radius 2 is 0.967 bits per heavy atom. The van der Waals surface area contributed by atoms with Crippen LogP contribution in [0.2, 0.25) is 0 Å². The molecule has 0 aliphatic carbocycles. The SMILES string of the molecule is CCc1c(CC)c2sc3ccc4scc5c6csc7ccc8sc1c(c8c76)c2c3c45. The van der Waals surface area contributed by atoms with Gasteiger partial charge in [0.2, 0.25) is 0 Å². The molecule has 0 saturated heterocycles. The highest BCUT2D eigenvalue weighted by Gasteiger charge is 2.25. The van der Waals surface area contributed by atoms with Gasteiger partial charge in [-0.15, -0.1) is 45.3 Å². The fourth-order valence-electron chi connectivity index (χ4n) is 5.76. The normalized spacial score (nSPS) is 13.3. The first-order valence-corrected chi connectivity index (χ1v) is 13.9. The number of hydrogen-bond acceptors (Lipinski definition) is 4. The fourth-order valence-corrected chi connectivity index (χ4v) is 10.4. The van der Waals surface area contributed by atoms with E-state index in [0.29, 0.717) is 0 Å². The van der Waals surface area contributed by atoms with Crippen molar-refractivity contribution >= 4 is 117 Å². The van der Waals surface area contributed by atoms with Gasteiger partial charge in [0, 0.05) is 71.3 Å². The van der Waals surface area contributed by atoms with Gasteiger partial charge in [-0.1, -0.05) is 13.8 Å². The maximum Gasteiger partial charge on any atom is 0.0397 e. The van der Waals surface area contributed by atoms with Crippen molar-refractivity contribution in [1.29, 1.82) is 0 Å². The molecule has 0 radical (unpaired) electrons. The monoisotopic (exact) mass is 456 g/mol.